The molecule has 0 amide bonds. The normalized spacial score (nSPS) is 12.3. The highest BCUT2D eigenvalue weighted by molar-refractivity contribution is 6.21. The van der Waals surface area contributed by atoms with Crippen molar-refractivity contribution in [3.63, 3.8) is 0 Å². The molecule has 0 spiro atoms. The first-order valence-electron chi connectivity index (χ1n) is 51.4. The average Bonchev–Trinajstić information content (AvgIpc) is 1.59. The fourth-order valence-corrected chi connectivity index (χ4v) is 24.1. The summed E-state index contributed by atoms with van der Waals surface area (Å²) in [6.07, 6.45) is 0. The van der Waals surface area contributed by atoms with Crippen molar-refractivity contribution in [3.05, 3.63) is 533 Å². The van der Waals surface area contributed by atoms with Gasteiger partial charge in [0.1, 0.15) is 22.3 Å². The Morgan fingerprint density at radius 1 is 0.148 bits per heavy atom. The number of hydrogen-bond donors (Lipinski definition) is 0. The largest absolute Gasteiger partial charge is 0.456 e. The van der Waals surface area contributed by atoms with E-state index in [4.69, 9.17) is 18.8 Å². The van der Waals surface area contributed by atoms with Crippen molar-refractivity contribution in [3.8, 4) is 190 Å². The minimum absolute atomic E-state index is 0.0000248. The van der Waals surface area contributed by atoms with E-state index in [-0.39, 0.29) is 5.41 Å². The quantitative estimate of drug-likeness (QED) is 0.114. The topological polar surface area (TPSA) is 52.1 Å². The van der Waals surface area contributed by atoms with Crippen molar-refractivity contribution < 1.29 is 8.83 Å². The maximum atomic E-state index is 6.21. The molecule has 4 nitrogen and oxygen atoms in total. The van der Waals surface area contributed by atoms with Gasteiger partial charge in [-0.05, 0) is 341 Å². The van der Waals surface area contributed by atoms with Crippen LogP contribution in [0.3, 0.4) is 0 Å². The number of nitrogens with zero attached hydrogens (tertiary/aromatic N) is 2. The molecule has 0 bridgehead atoms. The first kappa shape index (κ1) is 86.4. The number of benzene rings is 25. The van der Waals surface area contributed by atoms with Gasteiger partial charge in [0, 0.05) is 43.7 Å². The average molecular weight is 1890 g/mol. The van der Waals surface area contributed by atoms with Crippen LogP contribution in [0, 0.1) is 0 Å². The Labute approximate surface area is 862 Å². The molecule has 25 aromatic carbocycles. The van der Waals surface area contributed by atoms with Crippen molar-refractivity contribution >= 4 is 109 Å². The number of rotatable bonds is 12. The van der Waals surface area contributed by atoms with E-state index in [0.29, 0.717) is 5.82 Å². The molecule has 0 atom stereocenters. The zero-order chi connectivity index (χ0) is 98.5. The van der Waals surface area contributed by atoms with Crippen LogP contribution in [0.5, 0.6) is 0 Å². The Balaban J connectivity index is 0.000000106. The molecule has 694 valence electrons. The van der Waals surface area contributed by atoms with Crippen LogP contribution < -0.4 is 0 Å². The van der Waals surface area contributed by atoms with E-state index in [1.54, 1.807) is 0 Å². The molecule has 4 heteroatoms. The van der Waals surface area contributed by atoms with Crippen LogP contribution in [0.4, 0.5) is 0 Å². The molecule has 0 aliphatic heterocycles. The Morgan fingerprint density at radius 2 is 0.470 bits per heavy atom. The molecule has 0 saturated heterocycles. The van der Waals surface area contributed by atoms with Gasteiger partial charge in [0.25, 0.3) is 0 Å². The SMILES string of the molecule is CC1(C)c2ccccc2-c2ccc(-c3ccc4cc(-c5cccc(-c6ccc7c8c(cccc68)-c6ccccc6-7)c5)ccc4c3)cc21.c1cc(-c2ccc3cc(-c4cc5ccccc5c5ccccc45)ccc3c2)cc(-c2ccc3c4c(cccc24)-c2ccccc2-3)c1.c1ccc(-c2ccc(-c3cc(-c4cc(-c5ccc6oc7ccccc7c6c5)cc(-c5ccc6oc7ccccc7c6c5)c4)nc(-c4ccccc4)n3)cc2)cc1. The van der Waals surface area contributed by atoms with Crippen LogP contribution in [0.25, 0.3) is 298 Å². The molecule has 149 heavy (non-hydrogen) atoms. The first-order chi connectivity index (χ1) is 73.5. The molecule has 31 rings (SSSR count). The van der Waals surface area contributed by atoms with Crippen LogP contribution in [0.1, 0.15) is 25.0 Å². The summed E-state index contributed by atoms with van der Waals surface area (Å²) in [5, 5.41) is 19.9. The third-order valence-electron chi connectivity index (χ3n) is 31.5. The second kappa shape index (κ2) is 35.1. The van der Waals surface area contributed by atoms with Crippen LogP contribution in [-0.2, 0) is 5.41 Å². The lowest BCUT2D eigenvalue weighted by Gasteiger charge is -2.22. The molecule has 0 N–H and O–H groups in total. The zero-order valence-corrected chi connectivity index (χ0v) is 81.9. The Kier molecular flexibility index (Phi) is 20.3. The van der Waals surface area contributed by atoms with Crippen molar-refractivity contribution in [2.75, 3.05) is 0 Å². The standard InChI is InChI=1S/C52H32N2O2.C47H32.C46H28/c1-3-11-33(12-4-1)34-19-21-35(22-20-34)46-32-47(54-52(53-46)36-13-5-2-6-14-36)41-28-39(37-23-25-50-44(30-37)42-15-7-9-17-48(42)55-50)27-40(29-41)38-24-26-51-45(31-38)43-16-8-10-18-49(43)56-51;1-47(2)44-16-6-5-13-39(44)40-22-21-34(28-45(40)47)33-20-19-31-25-30(17-18-32(31)26-33)29-9-7-10-35(27-29)36-23-24-43-38-12-4-3-11-37(38)42-15-8-14-41(36)46(42)43;1-2-12-36-34(9-1)28-45(41-16-6-3-13-38(36)41)35-22-21-31-25-30(19-20-32(31)27-35)29-10-7-11-33(26-29)37-23-24-44-40-15-5-4-14-39(40)43-18-8-17-42(37)46(43)44/h1-32H;3-28H,1-2H3;1-28H. The lowest BCUT2D eigenvalue weighted by molar-refractivity contribution is 0.660. The van der Waals surface area contributed by atoms with E-state index >= 15 is 0 Å². The lowest BCUT2D eigenvalue weighted by Crippen LogP contribution is -2.14. The molecular formula is C145H92N2O2. The molecule has 0 radical (unpaired) electrons. The van der Waals surface area contributed by atoms with E-state index in [9.17, 15) is 0 Å². The van der Waals surface area contributed by atoms with Crippen LogP contribution >= 0.6 is 0 Å². The molecular weight excluding hydrogens is 1800 g/mol. The summed E-state index contributed by atoms with van der Waals surface area (Å²) < 4.78 is 12.4. The first-order valence-corrected chi connectivity index (χ1v) is 51.4. The van der Waals surface area contributed by atoms with Gasteiger partial charge in [0.15, 0.2) is 5.82 Å². The predicted octanol–water partition coefficient (Wildman–Crippen LogP) is 40.2. The summed E-state index contributed by atoms with van der Waals surface area (Å²) in [6.45, 7) is 4.70. The summed E-state index contributed by atoms with van der Waals surface area (Å²) in [7, 11) is 0. The highest BCUT2D eigenvalue weighted by atomic mass is 16.3. The Morgan fingerprint density at radius 3 is 1.02 bits per heavy atom. The fraction of sp³-hybridized carbons (Fsp3) is 0.0207. The summed E-state index contributed by atoms with van der Waals surface area (Å²) in [5.74, 6) is 0.676. The van der Waals surface area contributed by atoms with Gasteiger partial charge in [0.2, 0.25) is 0 Å². The number of aromatic nitrogens is 2. The molecule has 3 aromatic heterocycles. The van der Waals surface area contributed by atoms with Gasteiger partial charge < -0.3 is 8.83 Å². The van der Waals surface area contributed by atoms with E-state index < -0.39 is 0 Å². The van der Waals surface area contributed by atoms with Crippen molar-refractivity contribution in [1.82, 2.24) is 9.97 Å². The number of hydrogen-bond acceptors (Lipinski definition) is 4. The van der Waals surface area contributed by atoms with Gasteiger partial charge in [-0.3, -0.25) is 0 Å². The number of fused-ring (bicyclic) bond motifs is 20. The van der Waals surface area contributed by atoms with Crippen LogP contribution in [-0.4, -0.2) is 9.97 Å². The molecule has 0 fully saturated rings. The highest BCUT2D eigenvalue weighted by Crippen LogP contribution is 2.55. The maximum Gasteiger partial charge on any atom is 0.160 e. The van der Waals surface area contributed by atoms with Crippen molar-refractivity contribution in [2.45, 2.75) is 19.3 Å². The van der Waals surface area contributed by atoms with Crippen LogP contribution in [0.2, 0.25) is 0 Å². The van der Waals surface area contributed by atoms with E-state index in [1.165, 1.54) is 204 Å². The van der Waals surface area contributed by atoms with E-state index in [1.807, 2.05) is 48.5 Å². The van der Waals surface area contributed by atoms with Gasteiger partial charge in [-0.15, -0.1) is 0 Å². The minimum Gasteiger partial charge on any atom is -0.456 e. The molecule has 3 aliphatic rings. The maximum absolute atomic E-state index is 6.21. The lowest BCUT2D eigenvalue weighted by atomic mass is 9.81. The highest BCUT2D eigenvalue weighted by Gasteiger charge is 2.36. The second-order valence-electron chi connectivity index (χ2n) is 40.4. The monoisotopic (exact) mass is 1890 g/mol. The summed E-state index contributed by atoms with van der Waals surface area (Å²) in [5.41, 5.74) is 46.2. The molecule has 3 heterocycles. The molecule has 28 aromatic rings. The second-order valence-corrected chi connectivity index (χ2v) is 40.4. The van der Waals surface area contributed by atoms with E-state index in [0.717, 1.165) is 99.8 Å². The van der Waals surface area contributed by atoms with Gasteiger partial charge >= 0.3 is 0 Å². The van der Waals surface area contributed by atoms with Gasteiger partial charge in [-0.2, -0.15) is 0 Å². The third kappa shape index (κ3) is 14.9. The fourth-order valence-electron chi connectivity index (χ4n) is 24.1. The van der Waals surface area contributed by atoms with Gasteiger partial charge in [0.05, 0.1) is 11.4 Å². The smallest absolute Gasteiger partial charge is 0.160 e. The summed E-state index contributed by atoms with van der Waals surface area (Å²) in [4.78, 5) is 10.4. The van der Waals surface area contributed by atoms with Gasteiger partial charge in [-0.25, -0.2) is 9.97 Å². The number of para-hydroxylation sites is 2. The van der Waals surface area contributed by atoms with Gasteiger partial charge in [-0.1, -0.05) is 426 Å². The number of furan rings is 2. The van der Waals surface area contributed by atoms with Crippen LogP contribution in [0.15, 0.2) is 531 Å². The minimum atomic E-state index is 0.0000248. The summed E-state index contributed by atoms with van der Waals surface area (Å²) >= 11 is 0. The Hall–Kier alpha value is -19.3. The van der Waals surface area contributed by atoms with E-state index in [2.05, 4.69) is 487 Å². The Bertz CT molecular complexity index is 10200. The third-order valence-corrected chi connectivity index (χ3v) is 31.5. The summed E-state index contributed by atoms with van der Waals surface area (Å²) in [6, 6.07) is 189. The van der Waals surface area contributed by atoms with Crippen molar-refractivity contribution in [2.24, 2.45) is 0 Å². The molecule has 3 aliphatic carbocycles. The molecule has 0 unspecified atom stereocenters. The van der Waals surface area contributed by atoms with Crippen molar-refractivity contribution in [1.29, 1.82) is 0 Å². The molecule has 0 saturated carbocycles. The zero-order valence-electron chi connectivity index (χ0n) is 81.9. The predicted molar refractivity (Wildman–Crippen MR) is 626 cm³/mol.